The molecule has 1 amide bonds. The van der Waals surface area contributed by atoms with Crippen molar-refractivity contribution in [2.75, 3.05) is 6.54 Å². The largest absolute Gasteiger partial charge is 0.480 e. The number of hydrogen-bond acceptors (Lipinski definition) is 4. The van der Waals surface area contributed by atoms with Crippen molar-refractivity contribution in [3.05, 3.63) is 30.3 Å². The molecule has 3 N–H and O–H groups in total. The van der Waals surface area contributed by atoms with Crippen LogP contribution in [0.2, 0.25) is 0 Å². The fourth-order valence-electron chi connectivity index (χ4n) is 1.58. The molecule has 1 aromatic carbocycles. The number of aliphatic carboxylic acids is 1. The first kappa shape index (κ1) is 17.1. The summed E-state index contributed by atoms with van der Waals surface area (Å²) in [5.74, 6) is -2.17. The van der Waals surface area contributed by atoms with E-state index in [9.17, 15) is 18.0 Å². The van der Waals surface area contributed by atoms with E-state index < -0.39 is 34.5 Å². The molecular weight excluding hydrogens is 296 g/mol. The molecule has 0 saturated heterocycles. The van der Waals surface area contributed by atoms with Crippen molar-refractivity contribution < 1.29 is 23.1 Å². The van der Waals surface area contributed by atoms with Crippen LogP contribution in [0.5, 0.6) is 0 Å². The van der Waals surface area contributed by atoms with Crippen molar-refractivity contribution in [1.29, 1.82) is 0 Å². The van der Waals surface area contributed by atoms with Gasteiger partial charge in [0.15, 0.2) is 0 Å². The van der Waals surface area contributed by atoms with E-state index in [-0.39, 0.29) is 10.8 Å². The van der Waals surface area contributed by atoms with Gasteiger partial charge in [0.25, 0.3) is 0 Å². The molecule has 1 aromatic rings. The number of hydrogen-bond donors (Lipinski definition) is 3. The zero-order valence-electron chi connectivity index (χ0n) is 11.7. The van der Waals surface area contributed by atoms with Gasteiger partial charge in [0.1, 0.15) is 6.04 Å². The van der Waals surface area contributed by atoms with E-state index in [0.717, 1.165) is 0 Å². The van der Waals surface area contributed by atoms with Gasteiger partial charge in [0, 0.05) is 0 Å². The highest BCUT2D eigenvalue weighted by Gasteiger charge is 2.24. The summed E-state index contributed by atoms with van der Waals surface area (Å²) in [6, 6.07) is 6.54. The Hall–Kier alpha value is -1.93. The Kier molecular flexibility index (Phi) is 5.86. The molecule has 21 heavy (non-hydrogen) atoms. The number of rotatable bonds is 7. The van der Waals surface area contributed by atoms with Crippen LogP contribution in [0.3, 0.4) is 0 Å². The summed E-state index contributed by atoms with van der Waals surface area (Å²) in [7, 11) is -3.79. The second-order valence-corrected chi connectivity index (χ2v) is 6.53. The molecule has 0 aliphatic rings. The summed E-state index contributed by atoms with van der Waals surface area (Å²) in [4.78, 5) is 22.6. The third-order valence-electron chi connectivity index (χ3n) is 2.73. The lowest BCUT2D eigenvalue weighted by atomic mass is 10.1. The zero-order valence-corrected chi connectivity index (χ0v) is 12.6. The maximum Gasteiger partial charge on any atom is 0.326 e. The zero-order chi connectivity index (χ0) is 16.0. The Balaban J connectivity index is 2.63. The van der Waals surface area contributed by atoms with Crippen LogP contribution in [-0.4, -0.2) is 38.0 Å². The monoisotopic (exact) mass is 314 g/mol. The Morgan fingerprint density at radius 2 is 1.76 bits per heavy atom. The highest BCUT2D eigenvalue weighted by molar-refractivity contribution is 7.89. The van der Waals surface area contributed by atoms with Crippen molar-refractivity contribution in [3.63, 3.8) is 0 Å². The number of sulfonamides is 1. The second kappa shape index (κ2) is 7.19. The number of amides is 1. The van der Waals surface area contributed by atoms with Crippen LogP contribution in [0.15, 0.2) is 35.2 Å². The molecule has 7 nitrogen and oxygen atoms in total. The summed E-state index contributed by atoms with van der Waals surface area (Å²) >= 11 is 0. The SMILES string of the molecule is CC(C)[C@@H](NC(=O)CNS(=O)(=O)c1ccccc1)C(=O)O. The quantitative estimate of drug-likeness (QED) is 0.665. The summed E-state index contributed by atoms with van der Waals surface area (Å²) < 4.78 is 25.9. The lowest BCUT2D eigenvalue weighted by molar-refractivity contribution is -0.142. The Labute approximate surface area is 123 Å². The third kappa shape index (κ3) is 5.16. The Morgan fingerprint density at radius 3 is 2.24 bits per heavy atom. The fraction of sp³-hybridized carbons (Fsp3) is 0.385. The van der Waals surface area contributed by atoms with Crippen molar-refractivity contribution in [2.45, 2.75) is 24.8 Å². The minimum atomic E-state index is -3.79. The minimum Gasteiger partial charge on any atom is -0.480 e. The van der Waals surface area contributed by atoms with Crippen LogP contribution in [0.4, 0.5) is 0 Å². The molecule has 0 aromatic heterocycles. The Morgan fingerprint density at radius 1 is 1.19 bits per heavy atom. The number of benzene rings is 1. The lowest BCUT2D eigenvalue weighted by Crippen LogP contribution is -2.47. The molecule has 0 spiro atoms. The maximum atomic E-state index is 11.9. The van der Waals surface area contributed by atoms with Crippen LogP contribution in [0.1, 0.15) is 13.8 Å². The molecule has 8 heteroatoms. The summed E-state index contributed by atoms with van der Waals surface area (Å²) in [6.45, 7) is 2.77. The van der Waals surface area contributed by atoms with Crippen molar-refractivity contribution in [3.8, 4) is 0 Å². The van der Waals surface area contributed by atoms with Gasteiger partial charge < -0.3 is 10.4 Å². The number of carboxylic acid groups (broad SMARTS) is 1. The number of nitrogens with one attached hydrogen (secondary N) is 2. The molecule has 116 valence electrons. The van der Waals surface area contributed by atoms with E-state index in [2.05, 4.69) is 10.0 Å². The number of carboxylic acids is 1. The summed E-state index contributed by atoms with van der Waals surface area (Å²) in [5, 5.41) is 11.2. The van der Waals surface area contributed by atoms with E-state index in [1.807, 2.05) is 0 Å². The van der Waals surface area contributed by atoms with Gasteiger partial charge in [-0.25, -0.2) is 17.9 Å². The molecule has 1 rings (SSSR count). The topological polar surface area (TPSA) is 113 Å². The molecule has 0 radical (unpaired) electrons. The summed E-state index contributed by atoms with van der Waals surface area (Å²) in [5.41, 5.74) is 0. The van der Waals surface area contributed by atoms with Gasteiger partial charge in [0.2, 0.25) is 15.9 Å². The number of carbonyl (C=O) groups is 2. The third-order valence-corrected chi connectivity index (χ3v) is 4.14. The minimum absolute atomic E-state index is 0.0384. The molecule has 0 unspecified atom stereocenters. The highest BCUT2D eigenvalue weighted by Crippen LogP contribution is 2.06. The van der Waals surface area contributed by atoms with Crippen molar-refractivity contribution in [2.24, 2.45) is 5.92 Å². The van der Waals surface area contributed by atoms with Gasteiger partial charge in [-0.05, 0) is 18.1 Å². The molecular formula is C13H18N2O5S. The summed E-state index contributed by atoms with van der Waals surface area (Å²) in [6.07, 6.45) is 0. The maximum absolute atomic E-state index is 11.9. The molecule has 0 aliphatic heterocycles. The van der Waals surface area contributed by atoms with E-state index in [1.54, 1.807) is 32.0 Å². The van der Waals surface area contributed by atoms with Gasteiger partial charge in [-0.2, -0.15) is 0 Å². The highest BCUT2D eigenvalue weighted by atomic mass is 32.2. The van der Waals surface area contributed by atoms with E-state index in [1.165, 1.54) is 12.1 Å². The second-order valence-electron chi connectivity index (χ2n) is 4.77. The normalized spacial score (nSPS) is 12.9. The number of carbonyl (C=O) groups excluding carboxylic acids is 1. The van der Waals surface area contributed by atoms with Gasteiger partial charge in [-0.1, -0.05) is 32.0 Å². The molecule has 0 saturated carbocycles. The van der Waals surface area contributed by atoms with Crippen LogP contribution in [0.25, 0.3) is 0 Å². The van der Waals surface area contributed by atoms with E-state index in [4.69, 9.17) is 5.11 Å². The predicted octanol–water partition coefficient (Wildman–Crippen LogP) is 0.190. The average Bonchev–Trinajstić information content (AvgIpc) is 2.43. The Bertz CT molecular complexity index is 598. The fourth-order valence-corrected chi connectivity index (χ4v) is 2.58. The van der Waals surface area contributed by atoms with Gasteiger partial charge in [-0.15, -0.1) is 0 Å². The van der Waals surface area contributed by atoms with Gasteiger partial charge >= 0.3 is 5.97 Å². The van der Waals surface area contributed by atoms with E-state index >= 15 is 0 Å². The smallest absolute Gasteiger partial charge is 0.326 e. The van der Waals surface area contributed by atoms with Gasteiger partial charge in [-0.3, -0.25) is 4.79 Å². The van der Waals surface area contributed by atoms with Crippen LogP contribution < -0.4 is 10.0 Å². The van der Waals surface area contributed by atoms with Crippen LogP contribution in [0, 0.1) is 5.92 Å². The predicted molar refractivity (Wildman–Crippen MR) is 76.0 cm³/mol. The molecule has 0 aliphatic carbocycles. The van der Waals surface area contributed by atoms with Crippen molar-refractivity contribution in [1.82, 2.24) is 10.0 Å². The first-order valence-corrected chi connectivity index (χ1v) is 7.79. The molecule has 0 fully saturated rings. The van der Waals surface area contributed by atoms with Crippen molar-refractivity contribution >= 4 is 21.9 Å². The first-order valence-electron chi connectivity index (χ1n) is 6.31. The van der Waals surface area contributed by atoms with Crippen LogP contribution in [-0.2, 0) is 19.6 Å². The lowest BCUT2D eigenvalue weighted by Gasteiger charge is -2.18. The van der Waals surface area contributed by atoms with Gasteiger partial charge in [0.05, 0.1) is 11.4 Å². The first-order chi connectivity index (χ1) is 9.74. The standard InChI is InChI=1S/C13H18N2O5S/c1-9(2)12(13(17)18)15-11(16)8-14-21(19,20)10-6-4-3-5-7-10/h3-7,9,12,14H,8H2,1-2H3,(H,15,16)(H,17,18)/t12-/m1/s1. The van der Waals surface area contributed by atoms with Crippen LogP contribution >= 0.6 is 0 Å². The molecule has 1 atom stereocenters. The average molecular weight is 314 g/mol. The molecule has 0 heterocycles. The van der Waals surface area contributed by atoms with E-state index in [0.29, 0.717) is 0 Å². The molecule has 0 bridgehead atoms.